The average molecular weight is 253 g/mol. The first-order valence-electron chi connectivity index (χ1n) is 5.35. The molecular formula is C12H15NOS2. The minimum atomic E-state index is -0.274. The zero-order valence-corrected chi connectivity index (χ0v) is 10.9. The highest BCUT2D eigenvalue weighted by Gasteiger charge is 2.08. The highest BCUT2D eigenvalue weighted by atomic mass is 32.1. The van der Waals surface area contributed by atoms with Crippen LogP contribution < -0.4 is 0 Å². The Kier molecular flexibility index (Phi) is 4.09. The van der Waals surface area contributed by atoms with Gasteiger partial charge in [-0.05, 0) is 31.2 Å². The van der Waals surface area contributed by atoms with Gasteiger partial charge in [0.1, 0.15) is 0 Å². The smallest absolute Gasteiger partial charge is 0.0897 e. The predicted octanol–water partition coefficient (Wildman–Crippen LogP) is 3.05. The van der Waals surface area contributed by atoms with Crippen molar-refractivity contribution in [2.24, 2.45) is 0 Å². The van der Waals surface area contributed by atoms with E-state index < -0.39 is 0 Å². The van der Waals surface area contributed by atoms with Crippen LogP contribution in [-0.2, 0) is 12.8 Å². The molecular weight excluding hydrogens is 238 g/mol. The predicted molar refractivity (Wildman–Crippen MR) is 69.2 cm³/mol. The summed E-state index contributed by atoms with van der Waals surface area (Å²) >= 11 is 3.39. The summed E-state index contributed by atoms with van der Waals surface area (Å²) in [7, 11) is 0. The van der Waals surface area contributed by atoms with E-state index in [0.717, 1.165) is 23.5 Å². The van der Waals surface area contributed by atoms with Crippen LogP contribution in [0.25, 0.3) is 0 Å². The summed E-state index contributed by atoms with van der Waals surface area (Å²) in [5, 5.41) is 15.1. The Hall–Kier alpha value is -0.710. The van der Waals surface area contributed by atoms with E-state index in [-0.39, 0.29) is 6.10 Å². The number of thiophene rings is 1. The summed E-state index contributed by atoms with van der Waals surface area (Å²) in [5.41, 5.74) is 1.01. The third-order valence-corrected chi connectivity index (χ3v) is 4.17. The van der Waals surface area contributed by atoms with Crippen LogP contribution in [-0.4, -0.2) is 16.2 Å². The fraction of sp³-hybridized carbons (Fsp3) is 0.417. The van der Waals surface area contributed by atoms with Gasteiger partial charge < -0.3 is 5.11 Å². The lowest BCUT2D eigenvalue weighted by Gasteiger charge is -2.07. The molecule has 86 valence electrons. The van der Waals surface area contributed by atoms with Gasteiger partial charge in [0, 0.05) is 16.7 Å². The van der Waals surface area contributed by atoms with Gasteiger partial charge in [0.2, 0.25) is 0 Å². The Labute approximate surface area is 104 Å². The molecule has 0 aliphatic heterocycles. The number of nitrogens with zero attached hydrogens (tertiary/aromatic N) is 1. The van der Waals surface area contributed by atoms with E-state index in [9.17, 15) is 5.11 Å². The molecule has 1 unspecified atom stereocenters. The summed E-state index contributed by atoms with van der Waals surface area (Å²) in [5.74, 6) is 0. The highest BCUT2D eigenvalue weighted by molar-refractivity contribution is 7.10. The normalized spacial score (nSPS) is 12.9. The second-order valence-corrected chi connectivity index (χ2v) is 5.93. The Balaban J connectivity index is 1.78. The minimum absolute atomic E-state index is 0.274. The standard InChI is InChI=1S/C12H15NOS2/c1-9-13-10(8-16-9)7-11(14)4-5-12-3-2-6-15-12/h2-3,6,8,11,14H,4-5,7H2,1H3. The largest absolute Gasteiger partial charge is 0.393 e. The lowest BCUT2D eigenvalue weighted by Crippen LogP contribution is -2.11. The van der Waals surface area contributed by atoms with E-state index in [1.807, 2.05) is 12.3 Å². The van der Waals surface area contributed by atoms with Crippen LogP contribution in [0, 0.1) is 6.92 Å². The maximum atomic E-state index is 9.88. The fourth-order valence-corrected chi connectivity index (χ4v) is 2.96. The van der Waals surface area contributed by atoms with Gasteiger partial charge >= 0.3 is 0 Å². The van der Waals surface area contributed by atoms with Gasteiger partial charge in [-0.15, -0.1) is 22.7 Å². The zero-order chi connectivity index (χ0) is 11.4. The van der Waals surface area contributed by atoms with Crippen molar-refractivity contribution < 1.29 is 5.11 Å². The molecule has 2 aromatic heterocycles. The molecule has 0 saturated carbocycles. The molecule has 2 aromatic rings. The van der Waals surface area contributed by atoms with Crippen molar-refractivity contribution in [2.75, 3.05) is 0 Å². The van der Waals surface area contributed by atoms with Crippen molar-refractivity contribution in [3.05, 3.63) is 38.5 Å². The highest BCUT2D eigenvalue weighted by Crippen LogP contribution is 2.15. The number of rotatable bonds is 5. The number of thiazole rings is 1. The van der Waals surface area contributed by atoms with Crippen LogP contribution in [0.1, 0.15) is 22.0 Å². The molecule has 1 atom stereocenters. The molecule has 0 aliphatic rings. The van der Waals surface area contributed by atoms with E-state index in [1.54, 1.807) is 22.7 Å². The van der Waals surface area contributed by atoms with Gasteiger partial charge in [0.25, 0.3) is 0 Å². The van der Waals surface area contributed by atoms with Crippen LogP contribution in [0.4, 0.5) is 0 Å². The number of aromatic nitrogens is 1. The monoisotopic (exact) mass is 253 g/mol. The Morgan fingerprint density at radius 3 is 2.94 bits per heavy atom. The lowest BCUT2D eigenvalue weighted by molar-refractivity contribution is 0.164. The molecule has 0 fully saturated rings. The maximum absolute atomic E-state index is 9.88. The number of aliphatic hydroxyl groups is 1. The van der Waals surface area contributed by atoms with E-state index in [1.165, 1.54) is 4.88 Å². The second-order valence-electron chi connectivity index (χ2n) is 3.83. The summed E-state index contributed by atoms with van der Waals surface area (Å²) in [6.07, 6.45) is 2.18. The van der Waals surface area contributed by atoms with Gasteiger partial charge in [-0.25, -0.2) is 4.98 Å². The molecule has 0 bridgehead atoms. The first-order chi connectivity index (χ1) is 7.74. The summed E-state index contributed by atoms with van der Waals surface area (Å²) in [4.78, 5) is 5.70. The first kappa shape index (κ1) is 11.8. The third-order valence-electron chi connectivity index (χ3n) is 2.42. The Morgan fingerprint density at radius 2 is 2.31 bits per heavy atom. The molecule has 0 amide bonds. The summed E-state index contributed by atoms with van der Waals surface area (Å²) in [6.45, 7) is 1.99. The van der Waals surface area contributed by atoms with Crippen molar-refractivity contribution in [1.82, 2.24) is 4.98 Å². The van der Waals surface area contributed by atoms with Crippen LogP contribution in [0.15, 0.2) is 22.9 Å². The summed E-state index contributed by atoms with van der Waals surface area (Å²) in [6, 6.07) is 4.17. The van der Waals surface area contributed by atoms with Crippen molar-refractivity contribution in [1.29, 1.82) is 0 Å². The Morgan fingerprint density at radius 1 is 1.44 bits per heavy atom. The lowest BCUT2D eigenvalue weighted by atomic mass is 10.1. The number of aliphatic hydroxyl groups excluding tert-OH is 1. The average Bonchev–Trinajstić information content (AvgIpc) is 2.87. The van der Waals surface area contributed by atoms with Gasteiger partial charge in [-0.2, -0.15) is 0 Å². The van der Waals surface area contributed by atoms with E-state index in [0.29, 0.717) is 6.42 Å². The molecule has 0 aromatic carbocycles. The fourth-order valence-electron chi connectivity index (χ4n) is 1.61. The van der Waals surface area contributed by atoms with Gasteiger partial charge in [-0.3, -0.25) is 0 Å². The van der Waals surface area contributed by atoms with Gasteiger partial charge in [0.05, 0.1) is 16.8 Å². The van der Waals surface area contributed by atoms with Crippen LogP contribution in [0.3, 0.4) is 0 Å². The van der Waals surface area contributed by atoms with Crippen LogP contribution in [0.5, 0.6) is 0 Å². The number of hydrogen-bond donors (Lipinski definition) is 1. The van der Waals surface area contributed by atoms with Gasteiger partial charge in [-0.1, -0.05) is 6.07 Å². The molecule has 0 spiro atoms. The molecule has 1 N–H and O–H groups in total. The number of aryl methyl sites for hydroxylation is 2. The van der Waals surface area contributed by atoms with Crippen molar-refractivity contribution in [2.45, 2.75) is 32.3 Å². The van der Waals surface area contributed by atoms with E-state index in [2.05, 4.69) is 22.5 Å². The van der Waals surface area contributed by atoms with E-state index >= 15 is 0 Å². The molecule has 16 heavy (non-hydrogen) atoms. The first-order valence-corrected chi connectivity index (χ1v) is 7.11. The van der Waals surface area contributed by atoms with Crippen LogP contribution >= 0.6 is 22.7 Å². The van der Waals surface area contributed by atoms with Crippen LogP contribution in [0.2, 0.25) is 0 Å². The van der Waals surface area contributed by atoms with E-state index in [4.69, 9.17) is 0 Å². The Bertz CT molecular complexity index is 422. The van der Waals surface area contributed by atoms with Crippen molar-refractivity contribution in [3.63, 3.8) is 0 Å². The quantitative estimate of drug-likeness (QED) is 0.888. The zero-order valence-electron chi connectivity index (χ0n) is 9.22. The van der Waals surface area contributed by atoms with Crippen molar-refractivity contribution >= 4 is 22.7 Å². The topological polar surface area (TPSA) is 33.1 Å². The minimum Gasteiger partial charge on any atom is -0.393 e. The molecule has 2 rings (SSSR count). The molecule has 0 aliphatic carbocycles. The summed E-state index contributed by atoms with van der Waals surface area (Å²) < 4.78 is 0. The van der Waals surface area contributed by atoms with Gasteiger partial charge in [0.15, 0.2) is 0 Å². The molecule has 0 saturated heterocycles. The SMILES string of the molecule is Cc1nc(CC(O)CCc2cccs2)cs1. The molecule has 2 heterocycles. The maximum Gasteiger partial charge on any atom is 0.0897 e. The number of hydrogen-bond acceptors (Lipinski definition) is 4. The molecule has 4 heteroatoms. The second kappa shape index (κ2) is 5.57. The third kappa shape index (κ3) is 3.40. The molecule has 2 nitrogen and oxygen atoms in total. The molecule has 0 radical (unpaired) electrons. The van der Waals surface area contributed by atoms with Crippen molar-refractivity contribution in [3.8, 4) is 0 Å².